The van der Waals surface area contributed by atoms with Crippen molar-refractivity contribution < 1.29 is 4.42 Å². The molecule has 1 aliphatic rings. The Balaban J connectivity index is 2.12. The standard InChI is InChI=1S/C11H10BrN3O/c12-10-7-6-13-4-3-8(7)14-11(15-10)9-2-1-5-16-9/h1-2,5,13H,3-4,6H2. The van der Waals surface area contributed by atoms with Crippen LogP contribution in [0.2, 0.25) is 0 Å². The van der Waals surface area contributed by atoms with Crippen molar-refractivity contribution in [2.75, 3.05) is 6.54 Å². The Kier molecular flexibility index (Phi) is 2.49. The summed E-state index contributed by atoms with van der Waals surface area (Å²) < 4.78 is 6.16. The van der Waals surface area contributed by atoms with E-state index in [4.69, 9.17) is 4.42 Å². The van der Waals surface area contributed by atoms with Crippen molar-refractivity contribution in [3.8, 4) is 11.6 Å². The lowest BCUT2D eigenvalue weighted by atomic mass is 10.1. The van der Waals surface area contributed by atoms with Crippen LogP contribution in [0.4, 0.5) is 0 Å². The van der Waals surface area contributed by atoms with Gasteiger partial charge in [0, 0.05) is 25.1 Å². The molecule has 4 nitrogen and oxygen atoms in total. The third-order valence-corrected chi connectivity index (χ3v) is 3.28. The maximum atomic E-state index is 5.30. The molecule has 5 heteroatoms. The van der Waals surface area contributed by atoms with E-state index in [-0.39, 0.29) is 0 Å². The monoisotopic (exact) mass is 279 g/mol. The predicted molar refractivity (Wildman–Crippen MR) is 62.8 cm³/mol. The molecule has 0 saturated carbocycles. The van der Waals surface area contributed by atoms with E-state index in [9.17, 15) is 0 Å². The fourth-order valence-electron chi connectivity index (χ4n) is 1.82. The lowest BCUT2D eigenvalue weighted by Crippen LogP contribution is -2.25. The summed E-state index contributed by atoms with van der Waals surface area (Å²) in [6, 6.07) is 3.71. The van der Waals surface area contributed by atoms with E-state index < -0.39 is 0 Å². The Morgan fingerprint density at radius 3 is 3.12 bits per heavy atom. The number of rotatable bonds is 1. The molecule has 0 fully saturated rings. The number of furan rings is 1. The van der Waals surface area contributed by atoms with Gasteiger partial charge in [-0.15, -0.1) is 0 Å². The minimum Gasteiger partial charge on any atom is -0.461 e. The van der Waals surface area contributed by atoms with Crippen LogP contribution in [-0.2, 0) is 13.0 Å². The zero-order chi connectivity index (χ0) is 11.0. The first-order valence-corrected chi connectivity index (χ1v) is 5.94. The second-order valence-electron chi connectivity index (χ2n) is 3.67. The number of nitrogens with one attached hydrogen (secondary N) is 1. The van der Waals surface area contributed by atoms with Crippen LogP contribution < -0.4 is 5.32 Å². The van der Waals surface area contributed by atoms with E-state index >= 15 is 0 Å². The minimum absolute atomic E-state index is 0.650. The SMILES string of the molecule is Brc1nc(-c2ccco2)nc2c1CNCC2. The highest BCUT2D eigenvalue weighted by molar-refractivity contribution is 9.10. The van der Waals surface area contributed by atoms with Gasteiger partial charge in [0.05, 0.1) is 12.0 Å². The molecule has 2 aromatic rings. The molecule has 82 valence electrons. The van der Waals surface area contributed by atoms with Crippen molar-refractivity contribution in [1.29, 1.82) is 0 Å². The van der Waals surface area contributed by atoms with Crippen LogP contribution in [0.5, 0.6) is 0 Å². The number of nitrogens with zero attached hydrogens (tertiary/aromatic N) is 2. The first-order valence-electron chi connectivity index (χ1n) is 5.14. The molecule has 0 radical (unpaired) electrons. The highest BCUT2D eigenvalue weighted by Crippen LogP contribution is 2.24. The summed E-state index contributed by atoms with van der Waals surface area (Å²) in [6.07, 6.45) is 2.57. The Bertz CT molecular complexity index is 510. The quantitative estimate of drug-likeness (QED) is 0.813. The van der Waals surface area contributed by atoms with Gasteiger partial charge in [0.15, 0.2) is 11.6 Å². The molecule has 2 aromatic heterocycles. The number of aromatic nitrogens is 2. The summed E-state index contributed by atoms with van der Waals surface area (Å²) in [7, 11) is 0. The largest absolute Gasteiger partial charge is 0.461 e. The second kappa shape index (κ2) is 3.99. The fourth-order valence-corrected chi connectivity index (χ4v) is 2.35. The molecule has 16 heavy (non-hydrogen) atoms. The summed E-state index contributed by atoms with van der Waals surface area (Å²) >= 11 is 3.49. The molecule has 0 atom stereocenters. The van der Waals surface area contributed by atoms with Gasteiger partial charge in [0.2, 0.25) is 0 Å². The summed E-state index contributed by atoms with van der Waals surface area (Å²) in [6.45, 7) is 1.79. The maximum absolute atomic E-state index is 5.30. The molecule has 3 rings (SSSR count). The van der Waals surface area contributed by atoms with Gasteiger partial charge in [0.25, 0.3) is 0 Å². The number of fused-ring (bicyclic) bond motifs is 1. The van der Waals surface area contributed by atoms with Gasteiger partial charge in [-0.25, -0.2) is 9.97 Å². The molecule has 0 bridgehead atoms. The van der Waals surface area contributed by atoms with E-state index in [0.717, 1.165) is 35.4 Å². The molecule has 0 spiro atoms. The Morgan fingerprint density at radius 1 is 1.38 bits per heavy atom. The molecule has 0 unspecified atom stereocenters. The molecule has 1 N–H and O–H groups in total. The van der Waals surface area contributed by atoms with E-state index in [2.05, 4.69) is 31.2 Å². The highest BCUT2D eigenvalue weighted by Gasteiger charge is 2.17. The molecule has 1 aliphatic heterocycles. The third kappa shape index (κ3) is 1.66. The summed E-state index contributed by atoms with van der Waals surface area (Å²) in [5.41, 5.74) is 2.26. The van der Waals surface area contributed by atoms with Crippen LogP contribution in [0.3, 0.4) is 0 Å². The van der Waals surface area contributed by atoms with Crippen LogP contribution in [0.25, 0.3) is 11.6 Å². The lowest BCUT2D eigenvalue weighted by Gasteiger charge is -2.17. The summed E-state index contributed by atoms with van der Waals surface area (Å²) in [4.78, 5) is 8.94. The van der Waals surface area contributed by atoms with Crippen molar-refractivity contribution >= 4 is 15.9 Å². The van der Waals surface area contributed by atoms with Gasteiger partial charge in [-0.3, -0.25) is 0 Å². The zero-order valence-electron chi connectivity index (χ0n) is 8.53. The fraction of sp³-hybridized carbons (Fsp3) is 0.273. The van der Waals surface area contributed by atoms with Crippen molar-refractivity contribution in [1.82, 2.24) is 15.3 Å². The van der Waals surface area contributed by atoms with E-state index in [1.807, 2.05) is 12.1 Å². The molecule has 0 aromatic carbocycles. The van der Waals surface area contributed by atoms with Crippen LogP contribution >= 0.6 is 15.9 Å². The third-order valence-electron chi connectivity index (χ3n) is 2.62. The van der Waals surface area contributed by atoms with Crippen LogP contribution in [0.1, 0.15) is 11.3 Å². The Morgan fingerprint density at radius 2 is 2.31 bits per heavy atom. The van der Waals surface area contributed by atoms with E-state index in [1.54, 1.807) is 6.26 Å². The first kappa shape index (κ1) is 9.99. The smallest absolute Gasteiger partial charge is 0.196 e. The molecular formula is C11H10BrN3O. The van der Waals surface area contributed by atoms with Gasteiger partial charge >= 0.3 is 0 Å². The van der Waals surface area contributed by atoms with Gasteiger partial charge in [-0.2, -0.15) is 0 Å². The lowest BCUT2D eigenvalue weighted by molar-refractivity contribution is 0.572. The Labute approximate surface area is 101 Å². The minimum atomic E-state index is 0.650. The van der Waals surface area contributed by atoms with E-state index in [1.165, 1.54) is 0 Å². The van der Waals surface area contributed by atoms with Gasteiger partial charge in [-0.1, -0.05) is 0 Å². The number of hydrogen-bond donors (Lipinski definition) is 1. The van der Waals surface area contributed by atoms with Crippen LogP contribution in [-0.4, -0.2) is 16.5 Å². The molecule has 0 amide bonds. The molecular weight excluding hydrogens is 270 g/mol. The van der Waals surface area contributed by atoms with Gasteiger partial charge in [0.1, 0.15) is 4.60 Å². The topological polar surface area (TPSA) is 51.0 Å². The van der Waals surface area contributed by atoms with Crippen molar-refractivity contribution in [2.45, 2.75) is 13.0 Å². The van der Waals surface area contributed by atoms with Crippen LogP contribution in [0.15, 0.2) is 27.4 Å². The maximum Gasteiger partial charge on any atom is 0.196 e. The molecule has 3 heterocycles. The Hall–Kier alpha value is -1.20. The van der Waals surface area contributed by atoms with Crippen molar-refractivity contribution in [2.24, 2.45) is 0 Å². The first-order chi connectivity index (χ1) is 7.84. The summed E-state index contributed by atoms with van der Waals surface area (Å²) in [5.74, 6) is 1.36. The molecule has 0 aliphatic carbocycles. The molecule has 0 saturated heterocycles. The average Bonchev–Trinajstić information content (AvgIpc) is 2.82. The van der Waals surface area contributed by atoms with Gasteiger partial charge in [-0.05, 0) is 28.1 Å². The van der Waals surface area contributed by atoms with Crippen molar-refractivity contribution in [3.05, 3.63) is 34.3 Å². The van der Waals surface area contributed by atoms with E-state index in [0.29, 0.717) is 11.6 Å². The normalized spacial score (nSPS) is 14.8. The zero-order valence-corrected chi connectivity index (χ0v) is 10.1. The number of halogens is 1. The van der Waals surface area contributed by atoms with Gasteiger partial charge < -0.3 is 9.73 Å². The predicted octanol–water partition coefficient (Wildman–Crippen LogP) is 2.14. The average molecular weight is 280 g/mol. The van der Waals surface area contributed by atoms with Crippen molar-refractivity contribution in [3.63, 3.8) is 0 Å². The van der Waals surface area contributed by atoms with Crippen LogP contribution in [0, 0.1) is 0 Å². The number of hydrogen-bond acceptors (Lipinski definition) is 4. The second-order valence-corrected chi connectivity index (χ2v) is 4.42. The summed E-state index contributed by atoms with van der Waals surface area (Å²) in [5, 5.41) is 3.30. The highest BCUT2D eigenvalue weighted by atomic mass is 79.9.